The van der Waals surface area contributed by atoms with E-state index in [0.29, 0.717) is 18.0 Å². The standard InChI is InChI=1S/C19H18N2O3S2/c1-13-7-9-14(10-8-13)26(23,24)19(11-4-12-19)17(22)21-18-20-15-5-2-3-6-16(15)25-18/h2-3,5-10H,4,11-12H2,1H3,(H,20,21,22). The smallest absolute Gasteiger partial charge is 0.248 e. The Bertz CT molecular complexity index is 1050. The summed E-state index contributed by atoms with van der Waals surface area (Å²) in [7, 11) is -3.77. The molecule has 1 amide bonds. The number of hydrogen-bond acceptors (Lipinski definition) is 5. The monoisotopic (exact) mass is 386 g/mol. The van der Waals surface area contributed by atoms with Crippen molar-refractivity contribution >= 4 is 42.4 Å². The molecule has 0 atom stereocenters. The van der Waals surface area contributed by atoms with Crippen molar-refractivity contribution in [2.24, 2.45) is 0 Å². The number of thiazole rings is 1. The van der Waals surface area contributed by atoms with Gasteiger partial charge in [0.2, 0.25) is 5.91 Å². The summed E-state index contributed by atoms with van der Waals surface area (Å²) in [6, 6.07) is 14.2. The molecule has 4 rings (SSSR count). The van der Waals surface area contributed by atoms with Gasteiger partial charge >= 0.3 is 0 Å². The Morgan fingerprint density at radius 1 is 1.12 bits per heavy atom. The van der Waals surface area contributed by atoms with Crippen LogP contribution in [0, 0.1) is 6.92 Å². The van der Waals surface area contributed by atoms with Crippen LogP contribution >= 0.6 is 11.3 Å². The molecule has 1 aliphatic rings. The molecule has 0 radical (unpaired) electrons. The lowest BCUT2D eigenvalue weighted by Gasteiger charge is -2.38. The minimum atomic E-state index is -3.77. The third-order valence-electron chi connectivity index (χ3n) is 4.94. The molecule has 1 N–H and O–H groups in total. The number of rotatable bonds is 4. The van der Waals surface area contributed by atoms with Gasteiger partial charge in [0, 0.05) is 0 Å². The molecule has 7 heteroatoms. The lowest BCUT2D eigenvalue weighted by molar-refractivity contribution is -0.120. The molecule has 2 aromatic carbocycles. The Morgan fingerprint density at radius 2 is 1.81 bits per heavy atom. The molecule has 0 aliphatic heterocycles. The quantitative estimate of drug-likeness (QED) is 0.737. The van der Waals surface area contributed by atoms with E-state index in [1.54, 1.807) is 24.3 Å². The molecule has 1 aromatic heterocycles. The van der Waals surface area contributed by atoms with E-state index in [0.717, 1.165) is 22.2 Å². The van der Waals surface area contributed by atoms with Gasteiger partial charge in [-0.3, -0.25) is 4.79 Å². The number of nitrogens with one attached hydrogen (secondary N) is 1. The maximum atomic E-state index is 13.2. The Balaban J connectivity index is 1.66. The highest BCUT2D eigenvalue weighted by Gasteiger charge is 2.55. The molecule has 0 saturated heterocycles. The number of para-hydroxylation sites is 1. The van der Waals surface area contributed by atoms with Crippen LogP contribution in [0.25, 0.3) is 10.2 Å². The topological polar surface area (TPSA) is 76.1 Å². The van der Waals surface area contributed by atoms with Crippen LogP contribution in [0.15, 0.2) is 53.4 Å². The number of anilines is 1. The van der Waals surface area contributed by atoms with Crippen LogP contribution in [0.1, 0.15) is 24.8 Å². The zero-order chi connectivity index (χ0) is 18.4. The summed E-state index contributed by atoms with van der Waals surface area (Å²) >= 11 is 1.35. The first kappa shape index (κ1) is 17.2. The molecular weight excluding hydrogens is 368 g/mol. The summed E-state index contributed by atoms with van der Waals surface area (Å²) in [4.78, 5) is 17.5. The van der Waals surface area contributed by atoms with E-state index >= 15 is 0 Å². The Morgan fingerprint density at radius 3 is 2.42 bits per heavy atom. The van der Waals surface area contributed by atoms with Crippen LogP contribution in [-0.2, 0) is 14.6 Å². The maximum Gasteiger partial charge on any atom is 0.248 e. The summed E-state index contributed by atoms with van der Waals surface area (Å²) in [5, 5.41) is 3.18. The normalized spacial score (nSPS) is 16.2. The molecule has 1 saturated carbocycles. The summed E-state index contributed by atoms with van der Waals surface area (Å²) in [5.74, 6) is -0.483. The van der Waals surface area contributed by atoms with Crippen LogP contribution in [0.5, 0.6) is 0 Å². The number of benzene rings is 2. The molecule has 0 unspecified atom stereocenters. The van der Waals surface area contributed by atoms with Crippen molar-refractivity contribution in [3.63, 3.8) is 0 Å². The van der Waals surface area contributed by atoms with Gasteiger partial charge in [-0.15, -0.1) is 0 Å². The molecular formula is C19H18N2O3S2. The molecule has 1 fully saturated rings. The first-order valence-corrected chi connectivity index (χ1v) is 10.7. The van der Waals surface area contributed by atoms with Crippen molar-refractivity contribution < 1.29 is 13.2 Å². The molecule has 3 aromatic rings. The van der Waals surface area contributed by atoms with E-state index in [2.05, 4.69) is 10.3 Å². The second kappa shape index (κ2) is 6.17. The maximum absolute atomic E-state index is 13.2. The number of carbonyl (C=O) groups excluding carboxylic acids is 1. The molecule has 1 aliphatic carbocycles. The van der Waals surface area contributed by atoms with Crippen LogP contribution in [0.3, 0.4) is 0 Å². The molecule has 1 heterocycles. The Labute approximate surface area is 156 Å². The first-order chi connectivity index (χ1) is 12.4. The highest BCUT2D eigenvalue weighted by Crippen LogP contribution is 2.44. The van der Waals surface area contributed by atoms with Gasteiger partial charge in [-0.05, 0) is 50.5 Å². The van der Waals surface area contributed by atoms with Gasteiger partial charge in [-0.25, -0.2) is 13.4 Å². The average molecular weight is 386 g/mol. The predicted molar refractivity (Wildman–Crippen MR) is 103 cm³/mol. The fourth-order valence-corrected chi connectivity index (χ4v) is 6.12. The highest BCUT2D eigenvalue weighted by molar-refractivity contribution is 7.93. The van der Waals surface area contributed by atoms with Crippen molar-refractivity contribution in [3.05, 3.63) is 54.1 Å². The number of aryl methyl sites for hydroxylation is 1. The average Bonchev–Trinajstić information content (AvgIpc) is 2.96. The predicted octanol–water partition coefficient (Wildman–Crippen LogP) is 3.94. The summed E-state index contributed by atoms with van der Waals surface area (Å²) in [6.45, 7) is 1.90. The van der Waals surface area contributed by atoms with Gasteiger partial charge in [-0.2, -0.15) is 0 Å². The Kier molecular flexibility index (Phi) is 4.08. The zero-order valence-electron chi connectivity index (χ0n) is 14.2. The molecule has 0 bridgehead atoms. The van der Waals surface area contributed by atoms with Crippen LogP contribution in [-0.4, -0.2) is 24.1 Å². The summed E-state index contributed by atoms with van der Waals surface area (Å²) < 4.78 is 25.9. The lowest BCUT2D eigenvalue weighted by atomic mass is 9.83. The number of sulfone groups is 1. The van der Waals surface area contributed by atoms with Gasteiger partial charge < -0.3 is 5.32 Å². The lowest BCUT2D eigenvalue weighted by Crippen LogP contribution is -2.54. The van der Waals surface area contributed by atoms with Gasteiger partial charge in [0.15, 0.2) is 19.7 Å². The summed E-state index contributed by atoms with van der Waals surface area (Å²) in [5.41, 5.74) is 1.77. The van der Waals surface area contributed by atoms with E-state index in [1.165, 1.54) is 11.3 Å². The number of carbonyl (C=O) groups is 1. The number of hydrogen-bond donors (Lipinski definition) is 1. The van der Waals surface area contributed by atoms with Crippen molar-refractivity contribution in [1.82, 2.24) is 4.98 Å². The van der Waals surface area contributed by atoms with Gasteiger partial charge in [0.1, 0.15) is 0 Å². The van der Waals surface area contributed by atoms with Crippen molar-refractivity contribution in [2.75, 3.05) is 5.32 Å². The molecule has 26 heavy (non-hydrogen) atoms. The van der Waals surface area contributed by atoms with Crippen LogP contribution in [0.4, 0.5) is 5.13 Å². The number of aromatic nitrogens is 1. The fourth-order valence-electron chi connectivity index (χ4n) is 3.20. The van der Waals surface area contributed by atoms with Gasteiger partial charge in [0.05, 0.1) is 15.1 Å². The third kappa shape index (κ3) is 2.62. The minimum absolute atomic E-state index is 0.197. The third-order valence-corrected chi connectivity index (χ3v) is 8.40. The SMILES string of the molecule is Cc1ccc(S(=O)(=O)C2(C(=O)Nc3nc4ccccc4s3)CCC2)cc1. The molecule has 134 valence electrons. The van der Waals surface area contributed by atoms with E-state index in [9.17, 15) is 13.2 Å². The van der Waals surface area contributed by atoms with Crippen molar-refractivity contribution in [1.29, 1.82) is 0 Å². The van der Waals surface area contributed by atoms with E-state index in [-0.39, 0.29) is 4.90 Å². The minimum Gasteiger partial charge on any atom is -0.301 e. The first-order valence-electron chi connectivity index (χ1n) is 8.41. The largest absolute Gasteiger partial charge is 0.301 e. The molecule has 0 spiro atoms. The van der Waals surface area contributed by atoms with E-state index in [4.69, 9.17) is 0 Å². The Hall–Kier alpha value is -2.25. The number of nitrogens with zero attached hydrogens (tertiary/aromatic N) is 1. The van der Waals surface area contributed by atoms with E-state index in [1.807, 2.05) is 31.2 Å². The zero-order valence-corrected chi connectivity index (χ0v) is 15.9. The number of amides is 1. The van der Waals surface area contributed by atoms with Crippen molar-refractivity contribution in [3.8, 4) is 0 Å². The van der Waals surface area contributed by atoms with Crippen LogP contribution in [0.2, 0.25) is 0 Å². The highest BCUT2D eigenvalue weighted by atomic mass is 32.2. The van der Waals surface area contributed by atoms with E-state index < -0.39 is 20.5 Å². The van der Waals surface area contributed by atoms with Crippen LogP contribution < -0.4 is 5.32 Å². The van der Waals surface area contributed by atoms with Crippen molar-refractivity contribution in [2.45, 2.75) is 35.8 Å². The summed E-state index contributed by atoms with van der Waals surface area (Å²) in [6.07, 6.45) is 1.39. The van der Waals surface area contributed by atoms with Gasteiger partial charge in [0.25, 0.3) is 0 Å². The fraction of sp³-hybridized carbons (Fsp3) is 0.263. The second-order valence-corrected chi connectivity index (χ2v) is 9.90. The van der Waals surface area contributed by atoms with Gasteiger partial charge in [-0.1, -0.05) is 41.2 Å². The number of fused-ring (bicyclic) bond motifs is 1. The second-order valence-electron chi connectivity index (χ2n) is 6.61. The molecule has 5 nitrogen and oxygen atoms in total.